The molecule has 0 bridgehead atoms. The van der Waals surface area contributed by atoms with Crippen LogP contribution in [0.25, 0.3) is 22.2 Å². The van der Waals surface area contributed by atoms with E-state index < -0.39 is 11.6 Å². The van der Waals surface area contributed by atoms with Crippen molar-refractivity contribution in [3.05, 3.63) is 71.7 Å². The first-order chi connectivity index (χ1) is 15.8. The maximum absolute atomic E-state index is 14.0. The number of rotatable bonds is 4. The van der Waals surface area contributed by atoms with E-state index in [0.717, 1.165) is 51.6 Å². The number of urea groups is 1. The van der Waals surface area contributed by atoms with Gasteiger partial charge >= 0.3 is 6.03 Å². The van der Waals surface area contributed by atoms with Crippen LogP contribution in [0, 0.1) is 18.6 Å². The van der Waals surface area contributed by atoms with Gasteiger partial charge in [-0.05, 0) is 48.4 Å². The lowest BCUT2D eigenvalue weighted by Crippen LogP contribution is -2.31. The Labute approximate surface area is 189 Å². The molecule has 0 unspecified atom stereocenters. The topological polar surface area (TPSA) is 80.3 Å². The van der Waals surface area contributed by atoms with Crippen LogP contribution in [0.1, 0.15) is 11.1 Å². The number of nitrogen functional groups attached to an aromatic ring is 1. The second kappa shape index (κ2) is 7.84. The number of fused-ring (bicyclic) bond motifs is 1. The number of amides is 2. The highest BCUT2D eigenvalue weighted by molar-refractivity contribution is 6.02. The number of nitrogens with zero attached hydrogens (tertiary/aromatic N) is 5. The molecule has 5 rings (SSSR count). The van der Waals surface area contributed by atoms with Crippen molar-refractivity contribution in [1.82, 2.24) is 19.4 Å². The number of benzene rings is 2. The molecule has 2 N–H and O–H groups in total. The summed E-state index contributed by atoms with van der Waals surface area (Å²) in [4.78, 5) is 24.6. The minimum absolute atomic E-state index is 0.0191. The third-order valence-electron chi connectivity index (χ3n) is 6.06. The van der Waals surface area contributed by atoms with Gasteiger partial charge in [0.25, 0.3) is 0 Å². The van der Waals surface area contributed by atoms with E-state index in [9.17, 15) is 13.6 Å². The number of hydrogen-bond donors (Lipinski definition) is 1. The molecule has 0 atom stereocenters. The predicted octanol–water partition coefficient (Wildman–Crippen LogP) is 4.25. The molecule has 0 aliphatic carbocycles. The Morgan fingerprint density at radius 1 is 1.06 bits per heavy atom. The molecule has 2 amide bonds. The zero-order valence-electron chi connectivity index (χ0n) is 18.2. The Morgan fingerprint density at radius 3 is 2.67 bits per heavy atom. The van der Waals surface area contributed by atoms with Gasteiger partial charge in [-0.3, -0.25) is 4.90 Å². The van der Waals surface area contributed by atoms with Gasteiger partial charge in [0.05, 0.1) is 11.9 Å². The molecule has 7 nitrogen and oxygen atoms in total. The fraction of sp³-hybridized carbons (Fsp3) is 0.208. The lowest BCUT2D eigenvalue weighted by molar-refractivity contribution is 0.218. The standard InChI is InChI=1S/C24H22F2N6O/c1-14-9-17(4-5-18(14)19-12-30(2)23-21(19)22(27)28-13-29-23)32-8-7-31(24(32)33)11-15-10-16(25)3-6-20(15)26/h3-6,9-10,12-13H,7-8,11H2,1-2H3,(H2,27,28,29). The molecule has 168 valence electrons. The van der Waals surface area contributed by atoms with Crippen molar-refractivity contribution in [2.45, 2.75) is 13.5 Å². The summed E-state index contributed by atoms with van der Waals surface area (Å²) in [6.07, 6.45) is 3.41. The van der Waals surface area contributed by atoms with Crippen LogP contribution in [0.15, 0.2) is 48.9 Å². The van der Waals surface area contributed by atoms with E-state index in [1.807, 2.05) is 42.9 Å². The summed E-state index contributed by atoms with van der Waals surface area (Å²) in [7, 11) is 1.90. The minimum Gasteiger partial charge on any atom is -0.383 e. The Bertz CT molecular complexity index is 1400. The van der Waals surface area contributed by atoms with E-state index in [1.54, 1.807) is 4.90 Å². The Morgan fingerprint density at radius 2 is 1.88 bits per heavy atom. The second-order valence-corrected chi connectivity index (χ2v) is 8.20. The van der Waals surface area contributed by atoms with Crippen LogP contribution >= 0.6 is 0 Å². The molecule has 4 aromatic rings. The third kappa shape index (κ3) is 3.55. The summed E-state index contributed by atoms with van der Waals surface area (Å²) in [5, 5.41) is 0.788. The van der Waals surface area contributed by atoms with Crippen molar-refractivity contribution >= 4 is 28.6 Å². The molecule has 0 saturated carbocycles. The minimum atomic E-state index is -0.527. The number of aryl methyl sites for hydroxylation is 2. The van der Waals surface area contributed by atoms with Crippen LogP contribution in [0.3, 0.4) is 0 Å². The van der Waals surface area contributed by atoms with Crippen molar-refractivity contribution in [2.24, 2.45) is 7.05 Å². The highest BCUT2D eigenvalue weighted by Gasteiger charge is 2.30. The fourth-order valence-electron chi connectivity index (χ4n) is 4.40. The Balaban J connectivity index is 1.43. The number of halogens is 2. The molecule has 2 aromatic carbocycles. The van der Waals surface area contributed by atoms with Gasteiger partial charge in [0.2, 0.25) is 0 Å². The van der Waals surface area contributed by atoms with E-state index in [2.05, 4.69) is 9.97 Å². The average molecular weight is 448 g/mol. The van der Waals surface area contributed by atoms with Gasteiger partial charge in [0.15, 0.2) is 0 Å². The summed E-state index contributed by atoms with van der Waals surface area (Å²) in [6.45, 7) is 2.87. The highest BCUT2D eigenvalue weighted by atomic mass is 19.1. The van der Waals surface area contributed by atoms with E-state index in [4.69, 9.17) is 5.73 Å². The number of nitrogens with two attached hydrogens (primary N) is 1. The lowest BCUT2D eigenvalue weighted by Gasteiger charge is -2.20. The zero-order chi connectivity index (χ0) is 23.3. The van der Waals surface area contributed by atoms with Gasteiger partial charge in [-0.15, -0.1) is 0 Å². The van der Waals surface area contributed by atoms with E-state index in [1.165, 1.54) is 11.2 Å². The Kier molecular flexibility index (Phi) is 4.96. The zero-order valence-corrected chi connectivity index (χ0v) is 18.2. The summed E-state index contributed by atoms with van der Waals surface area (Å²) in [6, 6.07) is 8.81. The number of carbonyl (C=O) groups excluding carboxylic acids is 1. The van der Waals surface area contributed by atoms with Gasteiger partial charge in [-0.2, -0.15) is 0 Å². The maximum Gasteiger partial charge on any atom is 0.324 e. The summed E-state index contributed by atoms with van der Waals surface area (Å²) >= 11 is 0. The number of hydrogen-bond acceptors (Lipinski definition) is 4. The molecule has 0 radical (unpaired) electrons. The molecular formula is C24H22F2N6O. The van der Waals surface area contributed by atoms with E-state index in [0.29, 0.717) is 18.9 Å². The van der Waals surface area contributed by atoms with Crippen molar-refractivity contribution in [3.8, 4) is 11.1 Å². The van der Waals surface area contributed by atoms with Gasteiger partial charge < -0.3 is 15.2 Å². The molecule has 9 heteroatoms. The fourth-order valence-corrected chi connectivity index (χ4v) is 4.40. The van der Waals surface area contributed by atoms with Crippen LogP contribution in [-0.4, -0.2) is 38.6 Å². The molecule has 1 fully saturated rings. The van der Waals surface area contributed by atoms with Crippen LogP contribution in [0.5, 0.6) is 0 Å². The van der Waals surface area contributed by atoms with Gasteiger partial charge in [-0.1, -0.05) is 6.07 Å². The Hall–Kier alpha value is -4.01. The lowest BCUT2D eigenvalue weighted by atomic mass is 10.00. The van der Waals surface area contributed by atoms with Crippen molar-refractivity contribution < 1.29 is 13.6 Å². The van der Waals surface area contributed by atoms with Crippen molar-refractivity contribution in [1.29, 1.82) is 0 Å². The van der Waals surface area contributed by atoms with Crippen molar-refractivity contribution in [3.63, 3.8) is 0 Å². The largest absolute Gasteiger partial charge is 0.383 e. The number of aromatic nitrogens is 3. The average Bonchev–Trinajstić information content (AvgIpc) is 3.31. The SMILES string of the molecule is Cc1cc(N2CCN(Cc3cc(F)ccc3F)C2=O)ccc1-c1cn(C)c2ncnc(N)c12. The molecule has 1 aliphatic heterocycles. The molecule has 1 saturated heterocycles. The maximum atomic E-state index is 14.0. The normalized spacial score (nSPS) is 14.0. The van der Waals surface area contributed by atoms with Gasteiger partial charge in [0, 0.05) is 43.1 Å². The third-order valence-corrected chi connectivity index (χ3v) is 6.06. The smallest absolute Gasteiger partial charge is 0.324 e. The van der Waals surface area contributed by atoms with Crippen LogP contribution < -0.4 is 10.6 Å². The van der Waals surface area contributed by atoms with Crippen LogP contribution in [0.4, 0.5) is 25.1 Å². The monoisotopic (exact) mass is 448 g/mol. The first kappa shape index (κ1) is 20.9. The summed E-state index contributed by atoms with van der Waals surface area (Å²) in [5.41, 5.74) is 10.6. The number of anilines is 2. The predicted molar refractivity (Wildman–Crippen MR) is 123 cm³/mol. The first-order valence-corrected chi connectivity index (χ1v) is 10.5. The van der Waals surface area contributed by atoms with E-state index in [-0.39, 0.29) is 18.1 Å². The molecular weight excluding hydrogens is 426 g/mol. The van der Waals surface area contributed by atoms with Gasteiger partial charge in [0.1, 0.15) is 29.4 Å². The van der Waals surface area contributed by atoms with Gasteiger partial charge in [-0.25, -0.2) is 23.5 Å². The summed E-state index contributed by atoms with van der Waals surface area (Å²) < 4.78 is 29.4. The first-order valence-electron chi connectivity index (χ1n) is 10.5. The second-order valence-electron chi connectivity index (χ2n) is 8.20. The van der Waals surface area contributed by atoms with Crippen molar-refractivity contribution in [2.75, 3.05) is 23.7 Å². The number of carbonyl (C=O) groups is 1. The quantitative estimate of drug-likeness (QED) is 0.506. The highest BCUT2D eigenvalue weighted by Crippen LogP contribution is 2.36. The molecule has 2 aromatic heterocycles. The molecule has 0 spiro atoms. The summed E-state index contributed by atoms with van der Waals surface area (Å²) in [5.74, 6) is -0.643. The molecule has 3 heterocycles. The van der Waals surface area contributed by atoms with Crippen LogP contribution in [0.2, 0.25) is 0 Å². The molecule has 1 aliphatic rings. The van der Waals surface area contributed by atoms with Crippen LogP contribution in [-0.2, 0) is 13.6 Å². The molecule has 33 heavy (non-hydrogen) atoms. The van der Waals surface area contributed by atoms with E-state index >= 15 is 0 Å².